The van der Waals surface area contributed by atoms with Crippen LogP contribution >= 0.6 is 0 Å². The third kappa shape index (κ3) is 5.52. The Morgan fingerprint density at radius 3 is 2.16 bits per heavy atom. The molecule has 0 amide bonds. The molecule has 2 aromatic carbocycles. The Labute approximate surface area is 151 Å². The molecule has 0 heterocycles. The summed E-state index contributed by atoms with van der Waals surface area (Å²) in [7, 11) is 0. The first-order chi connectivity index (χ1) is 12.2. The molecule has 3 nitrogen and oxygen atoms in total. The van der Waals surface area contributed by atoms with Gasteiger partial charge in [-0.15, -0.1) is 0 Å². The number of hydrogen-bond donors (Lipinski definition) is 0. The molecule has 25 heavy (non-hydrogen) atoms. The van der Waals surface area contributed by atoms with Gasteiger partial charge in [-0.2, -0.15) is 0 Å². The van der Waals surface area contributed by atoms with Crippen molar-refractivity contribution in [2.75, 3.05) is 32.8 Å². The number of quaternary nitrogens is 1. The van der Waals surface area contributed by atoms with Crippen molar-refractivity contribution < 1.29 is 9.53 Å². The highest BCUT2D eigenvalue weighted by atomic mass is 16.5. The summed E-state index contributed by atoms with van der Waals surface area (Å²) in [6.45, 7) is 7.91. The van der Waals surface area contributed by atoms with Crippen LogP contribution < -0.4 is 4.48 Å². The normalized spacial score (nSPS) is 13.4. The maximum absolute atomic E-state index is 12.9. The van der Waals surface area contributed by atoms with E-state index in [9.17, 15) is 4.79 Å². The zero-order valence-electron chi connectivity index (χ0n) is 15.5. The van der Waals surface area contributed by atoms with E-state index in [1.54, 1.807) is 0 Å². The van der Waals surface area contributed by atoms with Crippen molar-refractivity contribution in [2.45, 2.75) is 26.7 Å². The van der Waals surface area contributed by atoms with Gasteiger partial charge in [0.25, 0.3) is 0 Å². The third-order valence-electron chi connectivity index (χ3n) is 4.76. The summed E-state index contributed by atoms with van der Waals surface area (Å²) >= 11 is 0. The molecule has 0 spiro atoms. The van der Waals surface area contributed by atoms with Gasteiger partial charge in [-0.05, 0) is 25.5 Å². The van der Waals surface area contributed by atoms with Crippen molar-refractivity contribution in [1.82, 2.24) is 4.48 Å². The van der Waals surface area contributed by atoms with E-state index in [-0.39, 0.29) is 5.78 Å². The highest BCUT2D eigenvalue weighted by Gasteiger charge is 2.31. The van der Waals surface area contributed by atoms with Gasteiger partial charge in [0.05, 0.1) is 13.2 Å². The van der Waals surface area contributed by atoms with Gasteiger partial charge < -0.3 is 4.74 Å². The highest BCUT2D eigenvalue weighted by Crippen LogP contribution is 2.23. The van der Waals surface area contributed by atoms with Crippen molar-refractivity contribution in [2.24, 2.45) is 0 Å². The number of unbranched alkanes of at least 4 members (excludes halogenated alkanes) is 1. The SMILES string of the molecule is CCCCOCC[N+](CC)(CC(=O)c1ccccc1)c1ccccc1. The fourth-order valence-electron chi connectivity index (χ4n) is 3.07. The van der Waals surface area contributed by atoms with Crippen LogP contribution in [0.3, 0.4) is 0 Å². The van der Waals surface area contributed by atoms with Gasteiger partial charge in [-0.3, -0.25) is 9.28 Å². The van der Waals surface area contributed by atoms with E-state index in [0.29, 0.717) is 17.6 Å². The van der Waals surface area contributed by atoms with Gasteiger partial charge in [-0.25, -0.2) is 0 Å². The van der Waals surface area contributed by atoms with E-state index in [1.807, 2.05) is 48.5 Å². The summed E-state index contributed by atoms with van der Waals surface area (Å²) in [5.74, 6) is 0.180. The molecule has 0 radical (unpaired) electrons. The number of ether oxygens (including phenoxy) is 1. The summed E-state index contributed by atoms with van der Waals surface area (Å²) in [4.78, 5) is 12.9. The van der Waals surface area contributed by atoms with E-state index >= 15 is 0 Å². The molecule has 0 bridgehead atoms. The molecule has 3 heteroatoms. The number of hydrogen-bond acceptors (Lipinski definition) is 2. The topological polar surface area (TPSA) is 26.3 Å². The van der Waals surface area contributed by atoms with Gasteiger partial charge in [0.1, 0.15) is 18.8 Å². The third-order valence-corrected chi connectivity index (χ3v) is 4.76. The van der Waals surface area contributed by atoms with Gasteiger partial charge >= 0.3 is 0 Å². The van der Waals surface area contributed by atoms with Crippen LogP contribution in [0.25, 0.3) is 0 Å². The van der Waals surface area contributed by atoms with E-state index < -0.39 is 0 Å². The molecule has 0 saturated heterocycles. The van der Waals surface area contributed by atoms with E-state index in [2.05, 4.69) is 26.0 Å². The smallest absolute Gasteiger partial charge is 0.217 e. The summed E-state index contributed by atoms with van der Waals surface area (Å²) in [6.07, 6.45) is 2.22. The molecule has 0 aromatic heterocycles. The Hall–Kier alpha value is -1.97. The Morgan fingerprint density at radius 1 is 0.920 bits per heavy atom. The predicted octanol–water partition coefficient (Wildman–Crippen LogP) is 4.71. The van der Waals surface area contributed by atoms with Crippen molar-refractivity contribution in [1.29, 1.82) is 0 Å². The Kier molecular flexibility index (Phi) is 7.83. The maximum Gasteiger partial charge on any atom is 0.217 e. The minimum absolute atomic E-state index is 0.180. The molecule has 0 fully saturated rings. The average Bonchev–Trinajstić information content (AvgIpc) is 2.68. The number of Topliss-reactive ketones (excluding diaryl/α,β-unsaturated/α-hetero) is 1. The number of carbonyl (C=O) groups excluding carboxylic acids is 1. The second-order valence-electron chi connectivity index (χ2n) is 6.43. The molecule has 1 atom stereocenters. The van der Waals surface area contributed by atoms with E-state index in [0.717, 1.165) is 38.1 Å². The van der Waals surface area contributed by atoms with Crippen LogP contribution in [0.4, 0.5) is 5.69 Å². The summed E-state index contributed by atoms with van der Waals surface area (Å²) in [5.41, 5.74) is 1.95. The molecule has 0 aliphatic heterocycles. The summed E-state index contributed by atoms with van der Waals surface area (Å²) < 4.78 is 6.44. The predicted molar refractivity (Wildman–Crippen MR) is 105 cm³/mol. The number of likely N-dealkylation sites (N-methyl/N-ethyl adjacent to an activating group) is 1. The van der Waals surface area contributed by atoms with Crippen LogP contribution in [-0.2, 0) is 4.74 Å². The maximum atomic E-state index is 12.9. The fraction of sp³-hybridized carbons (Fsp3) is 0.409. The molecule has 2 rings (SSSR count). The summed E-state index contributed by atoms with van der Waals surface area (Å²) in [5, 5.41) is 0. The first kappa shape index (κ1) is 19.4. The average molecular weight is 340 g/mol. The number of carbonyl (C=O) groups is 1. The first-order valence-electron chi connectivity index (χ1n) is 9.29. The van der Waals surface area contributed by atoms with Gasteiger partial charge in [0.2, 0.25) is 5.78 Å². The quantitative estimate of drug-likeness (QED) is 0.336. The van der Waals surface area contributed by atoms with Gasteiger partial charge in [-0.1, -0.05) is 61.9 Å². The van der Waals surface area contributed by atoms with Crippen LogP contribution in [0.5, 0.6) is 0 Å². The van der Waals surface area contributed by atoms with Crippen molar-refractivity contribution >= 4 is 11.5 Å². The second-order valence-corrected chi connectivity index (χ2v) is 6.43. The molecule has 0 saturated carbocycles. The molecule has 0 aliphatic rings. The minimum Gasteiger partial charge on any atom is -0.376 e. The lowest BCUT2D eigenvalue weighted by Gasteiger charge is -2.36. The van der Waals surface area contributed by atoms with E-state index in [1.165, 1.54) is 5.69 Å². The monoisotopic (exact) mass is 340 g/mol. The number of nitrogens with zero attached hydrogens (tertiary/aromatic N) is 1. The van der Waals surface area contributed by atoms with Crippen molar-refractivity contribution in [3.63, 3.8) is 0 Å². The number of ketones is 1. The highest BCUT2D eigenvalue weighted by molar-refractivity contribution is 5.98. The number of para-hydroxylation sites is 1. The molecule has 0 N–H and O–H groups in total. The number of rotatable bonds is 11. The lowest BCUT2D eigenvalue weighted by molar-refractivity contribution is 0.0849. The lowest BCUT2D eigenvalue weighted by Crippen LogP contribution is -2.54. The zero-order valence-corrected chi connectivity index (χ0v) is 15.5. The van der Waals surface area contributed by atoms with Gasteiger partial charge in [0, 0.05) is 12.2 Å². The lowest BCUT2D eigenvalue weighted by atomic mass is 10.1. The van der Waals surface area contributed by atoms with Crippen LogP contribution in [0.1, 0.15) is 37.0 Å². The molecule has 134 valence electrons. The Bertz CT molecular complexity index is 627. The molecular formula is C22H30NO2+. The van der Waals surface area contributed by atoms with Crippen LogP contribution in [0.15, 0.2) is 60.7 Å². The summed E-state index contributed by atoms with van der Waals surface area (Å²) in [6, 6.07) is 19.9. The van der Waals surface area contributed by atoms with Crippen LogP contribution in [0, 0.1) is 0 Å². The number of benzene rings is 2. The van der Waals surface area contributed by atoms with Crippen LogP contribution in [-0.4, -0.2) is 38.6 Å². The van der Waals surface area contributed by atoms with Gasteiger partial charge in [0.15, 0.2) is 0 Å². The van der Waals surface area contributed by atoms with Crippen LogP contribution in [0.2, 0.25) is 0 Å². The Balaban J connectivity index is 2.17. The Morgan fingerprint density at radius 2 is 1.56 bits per heavy atom. The van der Waals surface area contributed by atoms with Crippen molar-refractivity contribution in [3.05, 3.63) is 66.2 Å². The molecule has 2 aromatic rings. The molecule has 1 unspecified atom stereocenters. The second kappa shape index (κ2) is 10.1. The van der Waals surface area contributed by atoms with Crippen molar-refractivity contribution in [3.8, 4) is 0 Å². The molecule has 0 aliphatic carbocycles. The largest absolute Gasteiger partial charge is 0.376 e. The van der Waals surface area contributed by atoms with E-state index in [4.69, 9.17) is 4.74 Å². The minimum atomic E-state index is 0.180. The molecular weight excluding hydrogens is 310 g/mol. The first-order valence-corrected chi connectivity index (χ1v) is 9.29. The zero-order chi connectivity index (χ0) is 18.0. The fourth-order valence-corrected chi connectivity index (χ4v) is 3.07. The standard InChI is InChI=1S/C22H30NO2/c1-3-5-17-25-18-16-23(4-2,21-14-10-7-11-15-21)19-22(24)20-12-8-6-9-13-20/h6-15H,3-5,16-19H2,1-2H3/q+1.